The van der Waals surface area contributed by atoms with Crippen molar-refractivity contribution >= 4 is 62.0 Å². The molecule has 2 unspecified atom stereocenters. The highest BCUT2D eigenvalue weighted by Gasteiger charge is 2.60. The lowest BCUT2D eigenvalue weighted by Gasteiger charge is -2.38. The van der Waals surface area contributed by atoms with Gasteiger partial charge >= 0.3 is 0 Å². The zero-order valence-corrected chi connectivity index (χ0v) is 25.1. The molecule has 4 aromatic rings. The Morgan fingerprint density at radius 2 is 1.90 bits per heavy atom. The number of thioether (sulfide) groups is 1. The van der Waals surface area contributed by atoms with Crippen molar-refractivity contribution < 1.29 is 14.7 Å². The molecule has 2 saturated heterocycles. The van der Waals surface area contributed by atoms with Crippen LogP contribution in [0.2, 0.25) is 5.02 Å². The second-order valence-electron chi connectivity index (χ2n) is 10.7. The van der Waals surface area contributed by atoms with Crippen molar-refractivity contribution in [2.45, 2.75) is 48.1 Å². The van der Waals surface area contributed by atoms with E-state index in [9.17, 15) is 14.7 Å². The number of aromatic amines is 1. The van der Waals surface area contributed by atoms with Crippen molar-refractivity contribution in [3.63, 3.8) is 0 Å². The highest BCUT2D eigenvalue weighted by molar-refractivity contribution is 9.10. The number of aliphatic hydroxyl groups excluding tert-OH is 1. The molecule has 2 fully saturated rings. The number of fused-ring (bicyclic) bond motifs is 1. The average molecular weight is 639 g/mol. The van der Waals surface area contributed by atoms with E-state index in [1.54, 1.807) is 4.90 Å². The average Bonchev–Trinajstić information content (AvgIpc) is 3.62. The number of β-amino-alcohol motifs (C(OH)–C–C–N with tert-alkyl or cyclic N) is 1. The number of aliphatic hydroxyl groups is 1. The fourth-order valence-electron chi connectivity index (χ4n) is 5.89. The minimum absolute atomic E-state index is 0.0540. The van der Waals surface area contributed by atoms with E-state index < -0.39 is 16.9 Å². The number of aromatic nitrogens is 1. The summed E-state index contributed by atoms with van der Waals surface area (Å²) in [6.45, 7) is 3.13. The normalized spacial score (nSPS) is 22.9. The summed E-state index contributed by atoms with van der Waals surface area (Å²) >= 11 is 11.3. The lowest BCUT2D eigenvalue weighted by atomic mass is 9.90. The number of rotatable bonds is 6. The Hall–Kier alpha value is -2.78. The first kappa shape index (κ1) is 27.4. The molecule has 0 spiro atoms. The number of nitrogens with one attached hydrogen (secondary N) is 1. The largest absolute Gasteiger partial charge is 0.391 e. The van der Waals surface area contributed by atoms with E-state index in [0.29, 0.717) is 24.5 Å². The molecule has 2 N–H and O–H groups in total. The molecule has 6 rings (SSSR count). The van der Waals surface area contributed by atoms with Crippen LogP contribution >= 0.6 is 39.3 Å². The topological polar surface area (TPSA) is 76.6 Å². The predicted molar refractivity (Wildman–Crippen MR) is 162 cm³/mol. The van der Waals surface area contributed by atoms with Crippen LogP contribution in [0.25, 0.3) is 10.9 Å². The number of aryl methyl sites for hydroxylation is 1. The summed E-state index contributed by atoms with van der Waals surface area (Å²) in [5, 5.41) is 11.9. The lowest BCUT2D eigenvalue weighted by Crippen LogP contribution is -2.49. The molecule has 2 aliphatic heterocycles. The molecule has 2 aliphatic rings. The van der Waals surface area contributed by atoms with Gasteiger partial charge in [-0.05, 0) is 55.3 Å². The molecular weight excluding hydrogens is 610 g/mol. The SMILES string of the molecule is Cc1ccc(SC2(C(=O)N3CCC(O)C3)CC(=O)N(Cc3ccc(Br)cc3)[C@H]2c2c[nH]c3cc(Cl)ccc23)cc1. The highest BCUT2D eigenvalue weighted by atomic mass is 79.9. The molecule has 6 nitrogen and oxygen atoms in total. The van der Waals surface area contributed by atoms with Crippen molar-refractivity contribution in [2.24, 2.45) is 0 Å². The summed E-state index contributed by atoms with van der Waals surface area (Å²) in [5.74, 6) is -0.196. The fourth-order valence-corrected chi connectivity index (χ4v) is 7.80. The molecule has 1 aromatic heterocycles. The lowest BCUT2D eigenvalue weighted by molar-refractivity contribution is -0.134. The number of likely N-dealkylation sites (tertiary alicyclic amines) is 2. The third kappa shape index (κ3) is 5.07. The van der Waals surface area contributed by atoms with Crippen LogP contribution in [0.3, 0.4) is 0 Å². The van der Waals surface area contributed by atoms with E-state index in [0.717, 1.165) is 37.0 Å². The Balaban J connectivity index is 1.53. The van der Waals surface area contributed by atoms with E-state index in [1.165, 1.54) is 11.8 Å². The molecule has 9 heteroatoms. The number of halogens is 2. The Bertz CT molecular complexity index is 1580. The summed E-state index contributed by atoms with van der Waals surface area (Å²) < 4.78 is -0.179. The standard InChI is InChI=1S/C31H29BrClN3O3S/c1-19-2-9-24(10-3-19)40-31(30(39)35-13-12-23(37)18-35)15-28(38)36(17-20-4-6-21(32)7-5-20)29(31)26-16-34-27-14-22(33)8-11-25(26)27/h2-11,14,16,23,29,34,37H,12-13,15,17-18H2,1H3/t23?,29-,31?/m0/s1. The maximum Gasteiger partial charge on any atom is 0.242 e. The number of benzene rings is 3. The van der Waals surface area contributed by atoms with Gasteiger partial charge in [-0.2, -0.15) is 0 Å². The molecule has 3 aromatic carbocycles. The number of carbonyl (C=O) groups is 2. The molecule has 2 amide bonds. The van der Waals surface area contributed by atoms with Crippen molar-refractivity contribution in [3.8, 4) is 0 Å². The minimum Gasteiger partial charge on any atom is -0.391 e. The molecule has 0 saturated carbocycles. The van der Waals surface area contributed by atoms with Gasteiger partial charge in [0.1, 0.15) is 4.75 Å². The fraction of sp³-hybridized carbons (Fsp3) is 0.290. The smallest absolute Gasteiger partial charge is 0.242 e. The molecule has 40 heavy (non-hydrogen) atoms. The zero-order valence-electron chi connectivity index (χ0n) is 21.9. The minimum atomic E-state index is -1.14. The molecule has 3 heterocycles. The van der Waals surface area contributed by atoms with Gasteiger partial charge < -0.3 is 19.9 Å². The van der Waals surface area contributed by atoms with Crippen molar-refractivity contribution in [2.75, 3.05) is 13.1 Å². The zero-order chi connectivity index (χ0) is 28.0. The summed E-state index contributed by atoms with van der Waals surface area (Å²) in [6, 6.07) is 21.1. The van der Waals surface area contributed by atoms with Gasteiger partial charge in [-0.1, -0.05) is 63.4 Å². The quantitative estimate of drug-likeness (QED) is 0.253. The number of H-pyrrole nitrogens is 1. The maximum absolute atomic E-state index is 14.6. The first-order valence-corrected chi connectivity index (χ1v) is 15.3. The van der Waals surface area contributed by atoms with Gasteiger partial charge in [0.2, 0.25) is 11.8 Å². The molecule has 3 atom stereocenters. The van der Waals surface area contributed by atoms with E-state index in [1.807, 2.05) is 84.8 Å². The van der Waals surface area contributed by atoms with Gasteiger partial charge in [-0.3, -0.25) is 9.59 Å². The molecule has 0 aliphatic carbocycles. The third-order valence-electron chi connectivity index (χ3n) is 7.86. The van der Waals surface area contributed by atoms with Crippen LogP contribution in [-0.4, -0.2) is 55.6 Å². The van der Waals surface area contributed by atoms with Gasteiger partial charge in [-0.25, -0.2) is 0 Å². The van der Waals surface area contributed by atoms with Gasteiger partial charge in [0, 0.05) is 56.7 Å². The van der Waals surface area contributed by atoms with Crippen molar-refractivity contribution in [1.82, 2.24) is 14.8 Å². The number of amides is 2. The number of hydrogen-bond donors (Lipinski definition) is 2. The van der Waals surface area contributed by atoms with Crippen LogP contribution < -0.4 is 0 Å². The summed E-state index contributed by atoms with van der Waals surface area (Å²) in [6.07, 6.45) is 1.94. The van der Waals surface area contributed by atoms with E-state index in [2.05, 4.69) is 20.9 Å². The monoisotopic (exact) mass is 637 g/mol. The van der Waals surface area contributed by atoms with Crippen molar-refractivity contribution in [1.29, 1.82) is 0 Å². The number of carbonyl (C=O) groups excluding carboxylic acids is 2. The Morgan fingerprint density at radius 1 is 1.15 bits per heavy atom. The highest BCUT2D eigenvalue weighted by Crippen LogP contribution is 2.55. The van der Waals surface area contributed by atoms with Gasteiger partial charge in [-0.15, -0.1) is 11.8 Å². The molecule has 0 bridgehead atoms. The van der Waals surface area contributed by atoms with Crippen LogP contribution in [0.1, 0.15) is 35.6 Å². The van der Waals surface area contributed by atoms with Crippen LogP contribution in [0.4, 0.5) is 0 Å². The first-order valence-electron chi connectivity index (χ1n) is 13.3. The maximum atomic E-state index is 14.6. The second kappa shape index (κ2) is 10.9. The summed E-state index contributed by atoms with van der Waals surface area (Å²) in [7, 11) is 0. The molecular formula is C31H29BrClN3O3S. The van der Waals surface area contributed by atoms with Crippen LogP contribution in [-0.2, 0) is 16.1 Å². The van der Waals surface area contributed by atoms with E-state index in [4.69, 9.17) is 11.6 Å². The molecule has 0 radical (unpaired) electrons. The van der Waals surface area contributed by atoms with Gasteiger partial charge in [0.05, 0.1) is 18.6 Å². The van der Waals surface area contributed by atoms with Crippen molar-refractivity contribution in [3.05, 3.63) is 99.1 Å². The second-order valence-corrected chi connectivity index (χ2v) is 13.4. The molecule has 206 valence electrons. The van der Waals surface area contributed by atoms with Crippen LogP contribution in [0.15, 0.2) is 82.3 Å². The van der Waals surface area contributed by atoms with Gasteiger partial charge in [0.15, 0.2) is 0 Å². The Labute approximate surface area is 250 Å². The summed E-state index contributed by atoms with van der Waals surface area (Å²) in [4.78, 5) is 36.5. The van der Waals surface area contributed by atoms with E-state index in [-0.39, 0.29) is 24.8 Å². The van der Waals surface area contributed by atoms with E-state index >= 15 is 0 Å². The summed E-state index contributed by atoms with van der Waals surface area (Å²) in [5.41, 5.74) is 3.83. The van der Waals surface area contributed by atoms with Crippen LogP contribution in [0.5, 0.6) is 0 Å². The first-order chi connectivity index (χ1) is 19.2. The number of nitrogens with zero attached hydrogens (tertiary/aromatic N) is 2. The third-order valence-corrected chi connectivity index (χ3v) is 10.0. The Morgan fingerprint density at radius 3 is 2.60 bits per heavy atom. The predicted octanol–water partition coefficient (Wildman–Crippen LogP) is 6.49. The van der Waals surface area contributed by atoms with Crippen LogP contribution in [0, 0.1) is 6.92 Å². The van der Waals surface area contributed by atoms with Gasteiger partial charge in [0.25, 0.3) is 0 Å². The Kier molecular flexibility index (Phi) is 7.46. The number of hydrogen-bond acceptors (Lipinski definition) is 4.